The molecule has 0 aliphatic rings. The summed E-state index contributed by atoms with van der Waals surface area (Å²) in [7, 11) is -12.4. The maximum atomic E-state index is 15.1. The van der Waals surface area contributed by atoms with Gasteiger partial charge in [0, 0.05) is 85.2 Å². The molecule has 580 valence electrons. The highest BCUT2D eigenvalue weighted by molar-refractivity contribution is 7.86. The minimum absolute atomic E-state index is 0.797. The molecule has 18 aromatic carbocycles. The Bertz CT molecular complexity index is 7770. The van der Waals surface area contributed by atoms with E-state index in [2.05, 4.69) is 167 Å². The third kappa shape index (κ3) is 12.9. The van der Waals surface area contributed by atoms with Gasteiger partial charge in [-0.3, -0.25) is 8.80 Å². The Morgan fingerprint density at radius 1 is 0.156 bits per heavy atom. The van der Waals surface area contributed by atoms with E-state index in [0.717, 1.165) is 185 Å². The van der Waals surface area contributed by atoms with Crippen LogP contribution in [0.4, 0.5) is 0 Å². The van der Waals surface area contributed by atoms with Crippen molar-refractivity contribution >= 4 is 169 Å². The number of pyridine rings is 2. The summed E-state index contributed by atoms with van der Waals surface area (Å²) in [5.74, 6) is 0. The van der Waals surface area contributed by atoms with Crippen molar-refractivity contribution < 1.29 is 18.3 Å². The van der Waals surface area contributed by atoms with E-state index in [1.807, 2.05) is 303 Å². The van der Waals surface area contributed by atoms with E-state index in [1.165, 1.54) is 0 Å². The first kappa shape index (κ1) is 75.3. The number of benzene rings is 18. The Morgan fingerprint density at radius 3 is 0.664 bits per heavy atom. The number of rotatable bonds is 16. The second kappa shape index (κ2) is 31.2. The van der Waals surface area contributed by atoms with Crippen LogP contribution in [0.5, 0.6) is 0 Å². The van der Waals surface area contributed by atoms with Gasteiger partial charge in [0.25, 0.3) is 0 Å². The summed E-state index contributed by atoms with van der Waals surface area (Å²) in [4.78, 5) is 10.4. The van der Waals surface area contributed by atoms with Gasteiger partial charge in [-0.05, 0) is 122 Å². The molecule has 0 amide bonds. The van der Waals surface area contributed by atoms with Crippen LogP contribution in [0.1, 0.15) is 0 Å². The van der Waals surface area contributed by atoms with Gasteiger partial charge in [-0.1, -0.05) is 394 Å². The molecule has 12 heteroatoms. The minimum Gasteiger partial charge on any atom is -0.309 e. The molecule has 0 unspecified atom stereocenters. The fraction of sp³-hybridized carbons (Fsp3) is 0. The third-order valence-corrected chi connectivity index (χ3v) is 36.2. The summed E-state index contributed by atoms with van der Waals surface area (Å²) in [6.45, 7) is 0. The van der Waals surface area contributed by atoms with Crippen molar-refractivity contribution in [2.75, 3.05) is 0 Å². The smallest absolute Gasteiger partial charge is 0.171 e. The van der Waals surface area contributed by atoms with Crippen molar-refractivity contribution in [1.29, 1.82) is 0 Å². The van der Waals surface area contributed by atoms with Crippen LogP contribution >= 0.6 is 28.6 Å². The van der Waals surface area contributed by atoms with Crippen LogP contribution in [0.15, 0.2) is 461 Å². The highest BCUT2D eigenvalue weighted by atomic mass is 31.2. The first-order valence-corrected chi connectivity index (χ1v) is 47.7. The molecular weight excluding hydrogens is 1570 g/mol. The number of nitrogens with zero attached hydrogens (tertiary/aromatic N) is 4. The van der Waals surface area contributed by atoms with Crippen LogP contribution in [0.25, 0.3) is 121 Å². The second-order valence-corrected chi connectivity index (χ2v) is 41.9. The highest BCUT2D eigenvalue weighted by Gasteiger charge is 2.34. The van der Waals surface area contributed by atoms with E-state index >= 15 is 18.3 Å². The molecular formula is C110H76N4O4P4. The van der Waals surface area contributed by atoms with Crippen molar-refractivity contribution in [3.05, 3.63) is 461 Å². The highest BCUT2D eigenvalue weighted by Crippen LogP contribution is 2.48. The predicted octanol–water partition coefficient (Wildman–Crippen LogP) is 22.8. The summed E-state index contributed by atoms with van der Waals surface area (Å²) in [5.41, 5.74) is 16.3. The van der Waals surface area contributed by atoms with Gasteiger partial charge < -0.3 is 18.3 Å². The minimum atomic E-state index is -3.11. The van der Waals surface area contributed by atoms with Crippen molar-refractivity contribution in [3.8, 4) is 44.5 Å². The maximum Gasteiger partial charge on any atom is 0.171 e. The molecule has 0 bridgehead atoms. The van der Waals surface area contributed by atoms with Crippen LogP contribution in [-0.2, 0) is 18.3 Å². The average molecular weight is 1640 g/mol. The van der Waals surface area contributed by atoms with Gasteiger partial charge in [-0.2, -0.15) is 0 Å². The van der Waals surface area contributed by atoms with E-state index in [-0.39, 0.29) is 0 Å². The largest absolute Gasteiger partial charge is 0.309 e. The van der Waals surface area contributed by atoms with Gasteiger partial charge in [0.1, 0.15) is 11.3 Å². The average Bonchev–Trinajstić information content (AvgIpc) is 1.54. The molecule has 0 aliphatic heterocycles. The fourth-order valence-corrected chi connectivity index (χ4v) is 28.4. The second-order valence-electron chi connectivity index (χ2n) is 30.8. The standard InChI is InChI=1S/2C55H38N2O2P2/c58-60(43-15-5-1-6-16-43,44-17-7-2-8-18-44)47-31-25-39(26-32-47)41-30-36-50-51(37-41)49-35-29-42(38-54(49)57-53-24-14-13-23-52(53)56-55(50)57)40-27-33-48(34-28-40)61(59,45-19-9-3-10-20-45)46-21-11-4-12-22-46;58-60(43-15-5-1-6-16-43,44-17-7-2-8-18-44)47-31-25-39(26-32-47)41-29-35-49-50(37-41)51-38-42(30-36-53(51)57-54-24-14-13-23-52(54)56-55(49)57)40-27-33-48(34-28-40)61(59,45-19-9-3-10-20-45)46-21-11-4-12-22-46/h2*1-38H. The first-order chi connectivity index (χ1) is 60.0. The van der Waals surface area contributed by atoms with Crippen molar-refractivity contribution in [3.63, 3.8) is 0 Å². The predicted molar refractivity (Wildman–Crippen MR) is 515 cm³/mol. The Kier molecular flexibility index (Phi) is 19.3. The van der Waals surface area contributed by atoms with Gasteiger partial charge in [-0.15, -0.1) is 0 Å². The van der Waals surface area contributed by atoms with Gasteiger partial charge in [-0.25, -0.2) is 9.97 Å². The van der Waals surface area contributed by atoms with Crippen LogP contribution < -0.4 is 63.7 Å². The SMILES string of the molecule is O=P(c1ccccc1)(c1ccccc1)c1ccc(-c2ccc3c(c2)c2cc(-c4ccc(P(=O)(c5ccccc5)c5ccccc5)cc4)ccc2n2c4ccccc4nc32)cc1.O=P(c1ccccc1)(c1ccccc1)c1ccc(-c2ccc3c(c2)c2ccc(-c4ccc(P(=O)(c5ccccc5)c5ccccc5)cc4)cc2n2c4ccccc4nc32)cc1. The number of aromatic nitrogens is 4. The molecule has 0 N–H and O–H groups in total. The number of hydrogen-bond acceptors (Lipinski definition) is 6. The molecule has 4 aromatic heterocycles. The molecule has 0 spiro atoms. The van der Waals surface area contributed by atoms with Crippen molar-refractivity contribution in [2.24, 2.45) is 0 Å². The molecule has 4 heterocycles. The number of hydrogen-bond donors (Lipinski definition) is 0. The van der Waals surface area contributed by atoms with E-state index in [1.54, 1.807) is 0 Å². The van der Waals surface area contributed by atoms with E-state index in [0.29, 0.717) is 0 Å². The zero-order valence-electron chi connectivity index (χ0n) is 66.1. The monoisotopic (exact) mass is 1640 g/mol. The van der Waals surface area contributed by atoms with E-state index in [4.69, 9.17) is 9.97 Å². The summed E-state index contributed by atoms with van der Waals surface area (Å²) in [6.07, 6.45) is 0. The maximum absolute atomic E-state index is 15.1. The molecule has 0 atom stereocenters. The molecule has 0 fully saturated rings. The van der Waals surface area contributed by atoms with Crippen molar-refractivity contribution in [1.82, 2.24) is 18.8 Å². The molecule has 8 nitrogen and oxygen atoms in total. The summed E-state index contributed by atoms with van der Waals surface area (Å²) in [5, 5.41) is 16.2. The zero-order valence-corrected chi connectivity index (χ0v) is 69.7. The van der Waals surface area contributed by atoms with Crippen LogP contribution in [0.3, 0.4) is 0 Å². The molecule has 0 saturated heterocycles. The molecule has 0 saturated carbocycles. The Morgan fingerprint density at radius 2 is 0.369 bits per heavy atom. The van der Waals surface area contributed by atoms with E-state index in [9.17, 15) is 0 Å². The molecule has 0 aliphatic carbocycles. The molecule has 22 rings (SSSR count). The lowest BCUT2D eigenvalue weighted by molar-refractivity contribution is 0.591. The number of para-hydroxylation sites is 4. The van der Waals surface area contributed by atoms with Gasteiger partial charge in [0.15, 0.2) is 28.6 Å². The third-order valence-electron chi connectivity index (χ3n) is 23.9. The van der Waals surface area contributed by atoms with Crippen LogP contribution in [-0.4, -0.2) is 18.8 Å². The van der Waals surface area contributed by atoms with E-state index < -0.39 is 28.6 Å². The zero-order chi connectivity index (χ0) is 81.9. The van der Waals surface area contributed by atoms with Gasteiger partial charge in [0.2, 0.25) is 0 Å². The van der Waals surface area contributed by atoms with Gasteiger partial charge >= 0.3 is 0 Å². The van der Waals surface area contributed by atoms with Gasteiger partial charge in [0.05, 0.1) is 33.1 Å². The topological polar surface area (TPSA) is 103 Å². The Labute approximate surface area is 706 Å². The summed E-state index contributed by atoms with van der Waals surface area (Å²) < 4.78 is 64.9. The summed E-state index contributed by atoms with van der Waals surface area (Å²) >= 11 is 0. The number of fused-ring (bicyclic) bond motifs is 16. The molecule has 122 heavy (non-hydrogen) atoms. The fourth-order valence-electron chi connectivity index (χ4n) is 17.8. The number of imidazole rings is 2. The lowest BCUT2D eigenvalue weighted by Crippen LogP contribution is -2.24. The van der Waals surface area contributed by atoms with Crippen LogP contribution in [0.2, 0.25) is 0 Å². The first-order valence-electron chi connectivity index (χ1n) is 40.8. The summed E-state index contributed by atoms with van der Waals surface area (Å²) in [6, 6.07) is 154. The Hall–Kier alpha value is -14.2. The lowest BCUT2D eigenvalue weighted by Gasteiger charge is -2.20. The Balaban J connectivity index is 0.000000150. The lowest BCUT2D eigenvalue weighted by atomic mass is 9.97. The van der Waals surface area contributed by atoms with Crippen LogP contribution in [0, 0.1) is 0 Å². The normalized spacial score (nSPS) is 12.1. The molecule has 22 aromatic rings. The van der Waals surface area contributed by atoms with Crippen molar-refractivity contribution in [2.45, 2.75) is 0 Å². The quantitative estimate of drug-likeness (QED) is 0.0705. The molecule has 0 radical (unpaired) electrons.